The summed E-state index contributed by atoms with van der Waals surface area (Å²) in [6.07, 6.45) is 5.96. The van der Waals surface area contributed by atoms with E-state index in [0.29, 0.717) is 0 Å². The molecule has 1 aliphatic rings. The van der Waals surface area contributed by atoms with Crippen LogP contribution in [0, 0.1) is 0 Å². The Bertz CT molecular complexity index is 228. The zero-order valence-electron chi connectivity index (χ0n) is 7.28. The van der Waals surface area contributed by atoms with E-state index >= 15 is 0 Å². The summed E-state index contributed by atoms with van der Waals surface area (Å²) in [5.74, 6) is -2.97. The molecule has 2 N–H and O–H groups in total. The summed E-state index contributed by atoms with van der Waals surface area (Å²) in [6, 6.07) is -1.12. The minimum Gasteiger partial charge on any atom is -0.325 e. The van der Waals surface area contributed by atoms with Crippen molar-refractivity contribution in [2.45, 2.75) is 12.0 Å². The molecule has 5 heteroatoms. The highest BCUT2D eigenvalue weighted by molar-refractivity contribution is 5.15. The number of rotatable bonds is 3. The number of hydrogen-bond acceptors (Lipinski definition) is 3. The van der Waals surface area contributed by atoms with Gasteiger partial charge in [-0.1, -0.05) is 12.2 Å². The predicted molar refractivity (Wildman–Crippen MR) is 44.9 cm³/mol. The van der Waals surface area contributed by atoms with Crippen LogP contribution in [0.3, 0.4) is 0 Å². The average Bonchev–Trinajstić information content (AvgIpc) is 2.18. The van der Waals surface area contributed by atoms with Crippen LogP contribution in [0.4, 0.5) is 8.78 Å². The van der Waals surface area contributed by atoms with Crippen LogP contribution in [-0.2, 0) is 4.84 Å². The summed E-state index contributed by atoms with van der Waals surface area (Å²) in [7, 11) is 1.34. The summed E-state index contributed by atoms with van der Waals surface area (Å²) in [5.41, 5.74) is 4.96. The molecule has 0 aromatic carbocycles. The van der Waals surface area contributed by atoms with Gasteiger partial charge in [0.05, 0.1) is 13.7 Å². The smallest absolute Gasteiger partial charge is 0.285 e. The standard InChI is InChI=1S/C8H12F2N2O/c1-13-12-5-3-2-4-7(12)8(9,10)6-11/h2-5,7H,6,11H2,1H3. The van der Waals surface area contributed by atoms with Gasteiger partial charge in [0.2, 0.25) is 0 Å². The van der Waals surface area contributed by atoms with Crippen LogP contribution in [0.15, 0.2) is 24.4 Å². The van der Waals surface area contributed by atoms with Gasteiger partial charge in [-0.3, -0.25) is 4.84 Å². The summed E-state index contributed by atoms with van der Waals surface area (Å²) < 4.78 is 26.3. The molecule has 0 bridgehead atoms. The van der Waals surface area contributed by atoms with Gasteiger partial charge >= 0.3 is 0 Å². The molecule has 1 heterocycles. The predicted octanol–water partition coefficient (Wildman–Crippen LogP) is 0.896. The van der Waals surface area contributed by atoms with Crippen molar-refractivity contribution in [1.29, 1.82) is 0 Å². The molecule has 0 radical (unpaired) electrons. The van der Waals surface area contributed by atoms with Crippen molar-refractivity contribution >= 4 is 0 Å². The highest BCUT2D eigenvalue weighted by atomic mass is 19.3. The van der Waals surface area contributed by atoms with Crippen molar-refractivity contribution in [3.63, 3.8) is 0 Å². The minimum absolute atomic E-state index is 0.699. The average molecular weight is 190 g/mol. The number of alkyl halides is 2. The van der Waals surface area contributed by atoms with Gasteiger partial charge in [-0.2, -0.15) is 0 Å². The van der Waals surface area contributed by atoms with Gasteiger partial charge in [-0.25, -0.2) is 13.8 Å². The quantitative estimate of drug-likeness (QED) is 0.718. The Morgan fingerprint density at radius 2 is 2.23 bits per heavy atom. The lowest BCUT2D eigenvalue weighted by atomic mass is 10.1. The van der Waals surface area contributed by atoms with Gasteiger partial charge < -0.3 is 5.73 Å². The Balaban J connectivity index is 2.78. The fourth-order valence-corrected chi connectivity index (χ4v) is 1.10. The molecule has 0 aliphatic carbocycles. The number of allylic oxidation sites excluding steroid dienone is 2. The van der Waals surface area contributed by atoms with Crippen LogP contribution in [-0.4, -0.2) is 30.7 Å². The molecule has 13 heavy (non-hydrogen) atoms. The largest absolute Gasteiger partial charge is 0.325 e. The number of hydrogen-bond donors (Lipinski definition) is 1. The fourth-order valence-electron chi connectivity index (χ4n) is 1.10. The monoisotopic (exact) mass is 190 g/mol. The first-order chi connectivity index (χ1) is 6.11. The Labute approximate surface area is 75.4 Å². The summed E-state index contributed by atoms with van der Waals surface area (Å²) in [4.78, 5) is 4.75. The van der Waals surface area contributed by atoms with Crippen molar-refractivity contribution in [3.8, 4) is 0 Å². The van der Waals surface area contributed by atoms with E-state index in [2.05, 4.69) is 0 Å². The van der Waals surface area contributed by atoms with Crippen molar-refractivity contribution in [2.24, 2.45) is 5.73 Å². The first-order valence-electron chi connectivity index (χ1n) is 3.87. The maximum Gasteiger partial charge on any atom is 0.285 e. The Kier molecular flexibility index (Phi) is 3.00. The molecule has 0 spiro atoms. The molecule has 1 aliphatic heterocycles. The minimum atomic E-state index is -2.97. The highest BCUT2D eigenvalue weighted by Crippen LogP contribution is 2.25. The van der Waals surface area contributed by atoms with Crippen molar-refractivity contribution in [1.82, 2.24) is 5.06 Å². The Morgan fingerprint density at radius 3 is 2.77 bits per heavy atom. The molecule has 0 saturated heterocycles. The second-order valence-electron chi connectivity index (χ2n) is 2.68. The first kappa shape index (κ1) is 10.1. The SMILES string of the molecule is CON1C=CC=CC1C(F)(F)CN. The summed E-state index contributed by atoms with van der Waals surface area (Å²) in [5, 5.41) is 1.08. The third-order valence-electron chi connectivity index (χ3n) is 1.83. The Hall–Kier alpha value is -0.940. The van der Waals surface area contributed by atoms with Gasteiger partial charge in [-0.15, -0.1) is 0 Å². The second-order valence-corrected chi connectivity index (χ2v) is 2.68. The van der Waals surface area contributed by atoms with Gasteiger partial charge in [0.25, 0.3) is 5.92 Å². The van der Waals surface area contributed by atoms with Gasteiger partial charge in [0.15, 0.2) is 0 Å². The van der Waals surface area contributed by atoms with E-state index in [1.165, 1.54) is 19.4 Å². The van der Waals surface area contributed by atoms with E-state index < -0.39 is 18.5 Å². The van der Waals surface area contributed by atoms with E-state index in [4.69, 9.17) is 10.6 Å². The van der Waals surface area contributed by atoms with Crippen LogP contribution in [0.25, 0.3) is 0 Å². The lowest BCUT2D eigenvalue weighted by Crippen LogP contribution is -2.48. The molecule has 0 aromatic heterocycles. The number of halogens is 2. The lowest BCUT2D eigenvalue weighted by molar-refractivity contribution is -0.173. The molecule has 1 rings (SSSR count). The van der Waals surface area contributed by atoms with Crippen molar-refractivity contribution < 1.29 is 13.6 Å². The van der Waals surface area contributed by atoms with Crippen LogP contribution < -0.4 is 5.73 Å². The van der Waals surface area contributed by atoms with Crippen LogP contribution in [0.5, 0.6) is 0 Å². The second kappa shape index (κ2) is 3.85. The molecule has 1 atom stereocenters. The van der Waals surface area contributed by atoms with E-state index in [1.54, 1.807) is 12.2 Å². The molecular formula is C8H12F2N2O. The van der Waals surface area contributed by atoms with Gasteiger partial charge in [-0.05, 0) is 6.08 Å². The number of hydroxylamine groups is 2. The van der Waals surface area contributed by atoms with Crippen molar-refractivity contribution in [2.75, 3.05) is 13.7 Å². The van der Waals surface area contributed by atoms with E-state index in [9.17, 15) is 8.78 Å². The normalized spacial score (nSPS) is 22.5. The molecule has 0 fully saturated rings. The van der Waals surface area contributed by atoms with Crippen LogP contribution >= 0.6 is 0 Å². The molecule has 1 unspecified atom stereocenters. The molecule has 0 aromatic rings. The molecule has 74 valence electrons. The molecule has 0 amide bonds. The van der Waals surface area contributed by atoms with E-state index in [0.717, 1.165) is 5.06 Å². The topological polar surface area (TPSA) is 38.5 Å². The maximum absolute atomic E-state index is 13.1. The van der Waals surface area contributed by atoms with E-state index in [1.807, 2.05) is 0 Å². The van der Waals surface area contributed by atoms with Gasteiger partial charge in [0, 0.05) is 6.20 Å². The van der Waals surface area contributed by atoms with Crippen LogP contribution in [0.2, 0.25) is 0 Å². The number of nitrogens with zero attached hydrogens (tertiary/aromatic N) is 1. The van der Waals surface area contributed by atoms with Crippen LogP contribution in [0.1, 0.15) is 0 Å². The zero-order valence-corrected chi connectivity index (χ0v) is 7.28. The fraction of sp³-hybridized carbons (Fsp3) is 0.500. The third kappa shape index (κ3) is 2.05. The molecule has 0 saturated carbocycles. The first-order valence-corrected chi connectivity index (χ1v) is 3.87. The summed E-state index contributed by atoms with van der Waals surface area (Å²) >= 11 is 0. The summed E-state index contributed by atoms with van der Waals surface area (Å²) in [6.45, 7) is -0.699. The number of nitrogens with two attached hydrogens (primary N) is 1. The lowest BCUT2D eigenvalue weighted by Gasteiger charge is -2.32. The van der Waals surface area contributed by atoms with E-state index in [-0.39, 0.29) is 0 Å². The van der Waals surface area contributed by atoms with Crippen molar-refractivity contribution in [3.05, 3.63) is 24.4 Å². The maximum atomic E-state index is 13.1. The third-order valence-corrected chi connectivity index (χ3v) is 1.83. The highest BCUT2D eigenvalue weighted by Gasteiger charge is 2.40. The van der Waals surface area contributed by atoms with Gasteiger partial charge in [0.1, 0.15) is 6.04 Å². The molecule has 3 nitrogen and oxygen atoms in total. The zero-order chi connectivity index (χ0) is 9.90. The Morgan fingerprint density at radius 1 is 1.54 bits per heavy atom. The molecular weight excluding hydrogens is 178 g/mol.